The van der Waals surface area contributed by atoms with Crippen LogP contribution in [0.3, 0.4) is 0 Å². The van der Waals surface area contributed by atoms with E-state index in [-0.39, 0.29) is 0 Å². The van der Waals surface area contributed by atoms with Crippen LogP contribution in [0.1, 0.15) is 10.5 Å². The Morgan fingerprint density at radius 3 is 2.82 bits per heavy atom. The Morgan fingerprint density at radius 2 is 2.00 bits per heavy atom. The fourth-order valence-corrected chi connectivity index (χ4v) is 1.82. The molecule has 4 heteroatoms. The van der Waals surface area contributed by atoms with Crippen LogP contribution in [0.4, 0.5) is 0 Å². The molecule has 0 aliphatic rings. The molecule has 0 amide bonds. The first kappa shape index (κ1) is 9.72. The molecule has 0 saturated carbocycles. The number of H-pyrrole nitrogens is 1. The van der Waals surface area contributed by atoms with Crippen molar-refractivity contribution in [2.24, 2.45) is 0 Å². The number of carbonyl (C=O) groups is 1. The van der Waals surface area contributed by atoms with Gasteiger partial charge in [0.05, 0.1) is 11.9 Å². The van der Waals surface area contributed by atoms with E-state index in [0.29, 0.717) is 11.5 Å². The molecule has 82 valence electrons. The van der Waals surface area contributed by atoms with E-state index in [1.54, 1.807) is 6.20 Å². The number of carbonyl (C=O) groups excluding carboxylic acids is 1. The van der Waals surface area contributed by atoms with Crippen molar-refractivity contribution < 1.29 is 4.79 Å². The summed E-state index contributed by atoms with van der Waals surface area (Å²) in [5.41, 5.74) is 1.21. The Hall–Kier alpha value is -2.49. The summed E-state index contributed by atoms with van der Waals surface area (Å²) in [6.45, 7) is 0. The molecule has 17 heavy (non-hydrogen) atoms. The largest absolute Gasteiger partial charge is 0.334 e. The average Bonchev–Trinajstić information content (AvgIpc) is 2.87. The highest BCUT2D eigenvalue weighted by Crippen LogP contribution is 2.23. The number of benzene rings is 1. The molecule has 0 atom stereocenters. The average molecular weight is 223 g/mol. The highest BCUT2D eigenvalue weighted by molar-refractivity contribution is 5.93. The standard InChI is InChI=1S/C13H9N3O/c17-8-10-7-15-13(16-10)12-11-4-2-1-3-9(11)5-6-14-12/h1-8H,(H,15,16). The van der Waals surface area contributed by atoms with E-state index < -0.39 is 0 Å². The van der Waals surface area contributed by atoms with E-state index in [1.165, 1.54) is 6.20 Å². The van der Waals surface area contributed by atoms with Gasteiger partial charge < -0.3 is 4.98 Å². The van der Waals surface area contributed by atoms with Gasteiger partial charge in [0, 0.05) is 11.6 Å². The fraction of sp³-hybridized carbons (Fsp3) is 0. The second-order valence-corrected chi connectivity index (χ2v) is 3.69. The van der Waals surface area contributed by atoms with E-state index in [1.807, 2.05) is 30.3 Å². The van der Waals surface area contributed by atoms with Gasteiger partial charge in [0.25, 0.3) is 0 Å². The highest BCUT2D eigenvalue weighted by Gasteiger charge is 2.08. The van der Waals surface area contributed by atoms with Gasteiger partial charge >= 0.3 is 0 Å². The molecule has 0 aliphatic heterocycles. The van der Waals surface area contributed by atoms with Crippen LogP contribution in [0.2, 0.25) is 0 Å². The van der Waals surface area contributed by atoms with Gasteiger partial charge in [-0.1, -0.05) is 24.3 Å². The zero-order valence-corrected chi connectivity index (χ0v) is 8.92. The molecule has 3 rings (SSSR count). The van der Waals surface area contributed by atoms with Crippen molar-refractivity contribution in [3.8, 4) is 11.5 Å². The minimum absolute atomic E-state index is 0.453. The lowest BCUT2D eigenvalue weighted by Gasteiger charge is -2.01. The van der Waals surface area contributed by atoms with Crippen LogP contribution in [-0.2, 0) is 0 Å². The highest BCUT2D eigenvalue weighted by atomic mass is 16.1. The number of aldehydes is 1. The number of imidazole rings is 1. The third kappa shape index (κ3) is 1.59. The number of nitrogens with zero attached hydrogens (tertiary/aromatic N) is 2. The normalized spacial score (nSPS) is 10.6. The molecule has 0 aliphatic carbocycles. The first-order chi connectivity index (χ1) is 8.38. The quantitative estimate of drug-likeness (QED) is 0.679. The van der Waals surface area contributed by atoms with Gasteiger partial charge in [-0.05, 0) is 11.5 Å². The summed E-state index contributed by atoms with van der Waals surface area (Å²) >= 11 is 0. The van der Waals surface area contributed by atoms with Crippen LogP contribution >= 0.6 is 0 Å². The lowest BCUT2D eigenvalue weighted by molar-refractivity contribution is 0.111. The zero-order valence-electron chi connectivity index (χ0n) is 8.92. The van der Waals surface area contributed by atoms with Gasteiger partial charge in [0.2, 0.25) is 0 Å². The van der Waals surface area contributed by atoms with Gasteiger partial charge in [-0.15, -0.1) is 0 Å². The van der Waals surface area contributed by atoms with Gasteiger partial charge in [-0.3, -0.25) is 9.78 Å². The molecular weight excluding hydrogens is 214 g/mol. The topological polar surface area (TPSA) is 58.6 Å². The first-order valence-electron chi connectivity index (χ1n) is 5.23. The Labute approximate surface area is 97.3 Å². The van der Waals surface area contributed by atoms with Crippen molar-refractivity contribution in [3.63, 3.8) is 0 Å². The molecular formula is C13H9N3O. The second-order valence-electron chi connectivity index (χ2n) is 3.69. The number of hydrogen-bond acceptors (Lipinski definition) is 3. The smallest absolute Gasteiger partial charge is 0.167 e. The number of aromatic amines is 1. The van der Waals surface area contributed by atoms with Crippen molar-refractivity contribution >= 4 is 17.1 Å². The number of nitrogens with one attached hydrogen (secondary N) is 1. The summed E-state index contributed by atoms with van der Waals surface area (Å²) in [4.78, 5) is 22.0. The summed E-state index contributed by atoms with van der Waals surface area (Å²) in [5, 5.41) is 2.11. The maximum absolute atomic E-state index is 10.6. The van der Waals surface area contributed by atoms with E-state index >= 15 is 0 Å². The Kier molecular flexibility index (Phi) is 2.19. The molecule has 0 bridgehead atoms. The first-order valence-corrected chi connectivity index (χ1v) is 5.23. The summed E-state index contributed by atoms with van der Waals surface area (Å²) in [6.07, 6.45) is 3.98. The van der Waals surface area contributed by atoms with Gasteiger partial charge in [0.15, 0.2) is 12.1 Å². The molecule has 0 spiro atoms. The predicted molar refractivity (Wildman–Crippen MR) is 64.7 cm³/mol. The molecule has 0 fully saturated rings. The Balaban J connectivity index is 2.26. The van der Waals surface area contributed by atoms with E-state index in [9.17, 15) is 4.79 Å². The van der Waals surface area contributed by atoms with E-state index in [4.69, 9.17) is 0 Å². The molecule has 0 unspecified atom stereocenters. The van der Waals surface area contributed by atoms with Crippen LogP contribution < -0.4 is 0 Å². The summed E-state index contributed by atoms with van der Waals surface area (Å²) in [5.74, 6) is 0.615. The zero-order chi connectivity index (χ0) is 11.7. The van der Waals surface area contributed by atoms with E-state index in [2.05, 4.69) is 15.0 Å². The fourth-order valence-electron chi connectivity index (χ4n) is 1.82. The second kappa shape index (κ2) is 3.83. The van der Waals surface area contributed by atoms with Gasteiger partial charge in [0.1, 0.15) is 5.69 Å². The van der Waals surface area contributed by atoms with Crippen LogP contribution in [0.15, 0.2) is 42.7 Å². The maximum atomic E-state index is 10.6. The number of rotatable bonds is 2. The van der Waals surface area contributed by atoms with Crippen LogP contribution in [0.25, 0.3) is 22.3 Å². The minimum Gasteiger partial charge on any atom is -0.334 e. The lowest BCUT2D eigenvalue weighted by Crippen LogP contribution is -1.88. The van der Waals surface area contributed by atoms with Crippen LogP contribution in [0.5, 0.6) is 0 Å². The third-order valence-corrected chi connectivity index (χ3v) is 2.62. The van der Waals surface area contributed by atoms with Crippen molar-refractivity contribution in [2.75, 3.05) is 0 Å². The van der Waals surface area contributed by atoms with Crippen molar-refractivity contribution in [1.82, 2.24) is 15.0 Å². The van der Waals surface area contributed by atoms with Crippen molar-refractivity contribution in [1.29, 1.82) is 0 Å². The molecule has 2 heterocycles. The Bertz CT molecular complexity index is 682. The van der Waals surface area contributed by atoms with Gasteiger partial charge in [-0.2, -0.15) is 0 Å². The summed E-state index contributed by atoms with van der Waals surface area (Å²) in [6, 6.07) is 9.88. The molecule has 4 nitrogen and oxygen atoms in total. The SMILES string of the molecule is O=Cc1cnc(-c2nccc3ccccc23)[nH]1. The number of hydrogen-bond donors (Lipinski definition) is 1. The minimum atomic E-state index is 0.453. The van der Waals surface area contributed by atoms with Crippen molar-refractivity contribution in [3.05, 3.63) is 48.4 Å². The molecule has 0 saturated heterocycles. The number of aromatic nitrogens is 3. The molecule has 2 aromatic heterocycles. The third-order valence-electron chi connectivity index (χ3n) is 2.62. The molecule has 1 aromatic carbocycles. The summed E-state index contributed by atoms with van der Waals surface area (Å²) in [7, 11) is 0. The Morgan fingerprint density at radius 1 is 1.12 bits per heavy atom. The van der Waals surface area contributed by atoms with Crippen molar-refractivity contribution in [2.45, 2.75) is 0 Å². The van der Waals surface area contributed by atoms with Crippen LogP contribution in [0, 0.1) is 0 Å². The van der Waals surface area contributed by atoms with Gasteiger partial charge in [-0.25, -0.2) is 4.98 Å². The summed E-state index contributed by atoms with van der Waals surface area (Å²) < 4.78 is 0. The van der Waals surface area contributed by atoms with Crippen LogP contribution in [-0.4, -0.2) is 21.2 Å². The molecule has 3 aromatic rings. The predicted octanol–water partition coefficient (Wildman–Crippen LogP) is 2.44. The number of fused-ring (bicyclic) bond motifs is 1. The maximum Gasteiger partial charge on any atom is 0.167 e. The molecule has 1 N–H and O–H groups in total. The monoisotopic (exact) mass is 223 g/mol. The number of pyridine rings is 1. The lowest BCUT2D eigenvalue weighted by atomic mass is 10.1. The molecule has 0 radical (unpaired) electrons. The van der Waals surface area contributed by atoms with E-state index in [0.717, 1.165) is 22.8 Å².